The Balaban J connectivity index is 2.54. The second kappa shape index (κ2) is 5.83. The fourth-order valence-corrected chi connectivity index (χ4v) is 1.36. The van der Waals surface area contributed by atoms with Crippen LogP contribution in [0.5, 0.6) is 0 Å². The molecule has 0 atom stereocenters. The van der Waals surface area contributed by atoms with E-state index in [4.69, 9.17) is 23.2 Å². The van der Waals surface area contributed by atoms with E-state index < -0.39 is 0 Å². The Hall–Kier alpha value is -0.930. The van der Waals surface area contributed by atoms with Crippen LogP contribution in [-0.4, -0.2) is 30.4 Å². The minimum Gasteiger partial charge on any atom is -0.326 e. The number of halogens is 2. The molecule has 82 valence electrons. The van der Waals surface area contributed by atoms with Crippen molar-refractivity contribution >= 4 is 34.9 Å². The van der Waals surface area contributed by atoms with Gasteiger partial charge < -0.3 is 10.2 Å². The van der Waals surface area contributed by atoms with E-state index in [1.165, 1.54) is 4.90 Å². The fraction of sp³-hybridized carbons (Fsp3) is 0.300. The van der Waals surface area contributed by atoms with Gasteiger partial charge in [0, 0.05) is 30.2 Å². The molecule has 1 rings (SSSR count). The quantitative estimate of drug-likeness (QED) is 0.818. The summed E-state index contributed by atoms with van der Waals surface area (Å²) in [5.41, 5.74) is 0.714. The highest BCUT2D eigenvalue weighted by Crippen LogP contribution is 2.13. The first-order valence-corrected chi connectivity index (χ1v) is 5.38. The van der Waals surface area contributed by atoms with Crippen molar-refractivity contribution in [1.29, 1.82) is 0 Å². The first-order valence-electron chi connectivity index (χ1n) is 4.47. The maximum Gasteiger partial charge on any atom is 0.321 e. The summed E-state index contributed by atoms with van der Waals surface area (Å²) in [6, 6.07) is 6.75. The van der Waals surface area contributed by atoms with Gasteiger partial charge in [0.15, 0.2) is 0 Å². The number of carbonyl (C=O) groups is 1. The van der Waals surface area contributed by atoms with E-state index in [9.17, 15) is 4.79 Å². The van der Waals surface area contributed by atoms with Crippen LogP contribution < -0.4 is 5.32 Å². The van der Waals surface area contributed by atoms with E-state index in [1.54, 1.807) is 31.3 Å². The largest absolute Gasteiger partial charge is 0.326 e. The normalized spacial score (nSPS) is 9.80. The van der Waals surface area contributed by atoms with E-state index in [0.717, 1.165) is 0 Å². The minimum absolute atomic E-state index is 0.182. The Morgan fingerprint density at radius 1 is 1.40 bits per heavy atom. The number of hydrogen-bond acceptors (Lipinski definition) is 1. The topological polar surface area (TPSA) is 32.3 Å². The zero-order valence-electron chi connectivity index (χ0n) is 8.34. The summed E-state index contributed by atoms with van der Waals surface area (Å²) in [7, 11) is 1.69. The van der Waals surface area contributed by atoms with Crippen molar-refractivity contribution in [3.63, 3.8) is 0 Å². The predicted octanol–water partition coefficient (Wildman–Crippen LogP) is 3.04. The second-order valence-electron chi connectivity index (χ2n) is 3.05. The van der Waals surface area contributed by atoms with Crippen molar-refractivity contribution in [2.75, 3.05) is 24.8 Å². The molecule has 2 amide bonds. The molecule has 0 fully saturated rings. The molecule has 0 heterocycles. The van der Waals surface area contributed by atoms with Crippen LogP contribution in [0.3, 0.4) is 0 Å². The SMILES string of the molecule is CN(CCCl)C(=O)Nc1ccc(Cl)cc1. The van der Waals surface area contributed by atoms with Crippen LogP contribution in [-0.2, 0) is 0 Å². The molecule has 0 aliphatic carbocycles. The van der Waals surface area contributed by atoms with Gasteiger partial charge in [0.25, 0.3) is 0 Å². The fourth-order valence-electron chi connectivity index (χ4n) is 0.980. The van der Waals surface area contributed by atoms with Crippen LogP contribution in [0.15, 0.2) is 24.3 Å². The molecule has 0 saturated heterocycles. The third kappa shape index (κ3) is 3.98. The Kier molecular flexibility index (Phi) is 4.72. The van der Waals surface area contributed by atoms with Crippen molar-refractivity contribution in [2.45, 2.75) is 0 Å². The maximum absolute atomic E-state index is 11.5. The lowest BCUT2D eigenvalue weighted by Crippen LogP contribution is -2.32. The number of alkyl halides is 1. The summed E-state index contributed by atoms with van der Waals surface area (Å²) in [4.78, 5) is 13.0. The third-order valence-corrected chi connectivity index (χ3v) is 2.28. The molecule has 0 bridgehead atoms. The van der Waals surface area contributed by atoms with Crippen molar-refractivity contribution < 1.29 is 4.79 Å². The molecular formula is C10H12Cl2N2O. The van der Waals surface area contributed by atoms with Crippen LogP contribution >= 0.6 is 23.2 Å². The highest BCUT2D eigenvalue weighted by molar-refractivity contribution is 6.30. The Morgan fingerprint density at radius 2 is 2.00 bits per heavy atom. The highest BCUT2D eigenvalue weighted by Gasteiger charge is 2.07. The molecule has 0 aliphatic rings. The molecule has 0 radical (unpaired) electrons. The first-order chi connectivity index (χ1) is 7.13. The summed E-state index contributed by atoms with van der Waals surface area (Å²) in [6.45, 7) is 0.515. The molecule has 3 nitrogen and oxygen atoms in total. The predicted molar refractivity (Wildman–Crippen MR) is 63.8 cm³/mol. The van der Waals surface area contributed by atoms with Gasteiger partial charge in [0.05, 0.1) is 0 Å². The van der Waals surface area contributed by atoms with E-state index in [2.05, 4.69) is 5.32 Å². The second-order valence-corrected chi connectivity index (χ2v) is 3.86. The van der Waals surface area contributed by atoms with Gasteiger partial charge in [0.2, 0.25) is 0 Å². The van der Waals surface area contributed by atoms with E-state index in [0.29, 0.717) is 23.1 Å². The standard InChI is InChI=1S/C10H12Cl2N2O/c1-14(7-6-11)10(15)13-9-4-2-8(12)3-5-9/h2-5H,6-7H2,1H3,(H,13,15). The van der Waals surface area contributed by atoms with Gasteiger partial charge >= 0.3 is 6.03 Å². The number of rotatable bonds is 3. The molecule has 0 unspecified atom stereocenters. The van der Waals surface area contributed by atoms with E-state index >= 15 is 0 Å². The monoisotopic (exact) mass is 246 g/mol. The molecular weight excluding hydrogens is 235 g/mol. The molecule has 1 N–H and O–H groups in total. The van der Waals surface area contributed by atoms with Gasteiger partial charge in [-0.1, -0.05) is 11.6 Å². The summed E-state index contributed by atoms with van der Waals surface area (Å²) >= 11 is 11.2. The molecule has 5 heteroatoms. The lowest BCUT2D eigenvalue weighted by Gasteiger charge is -2.16. The van der Waals surface area contributed by atoms with E-state index in [-0.39, 0.29) is 6.03 Å². The van der Waals surface area contributed by atoms with Gasteiger partial charge in [-0.3, -0.25) is 0 Å². The zero-order valence-corrected chi connectivity index (χ0v) is 9.85. The molecule has 1 aromatic carbocycles. The van der Waals surface area contributed by atoms with Crippen LogP contribution in [0.4, 0.5) is 10.5 Å². The van der Waals surface area contributed by atoms with E-state index in [1.807, 2.05) is 0 Å². The number of nitrogens with zero attached hydrogens (tertiary/aromatic N) is 1. The molecule has 0 aliphatic heterocycles. The summed E-state index contributed by atoms with van der Waals surface area (Å²) in [5.74, 6) is 0.421. The highest BCUT2D eigenvalue weighted by atomic mass is 35.5. The number of amides is 2. The van der Waals surface area contributed by atoms with Crippen molar-refractivity contribution in [3.8, 4) is 0 Å². The van der Waals surface area contributed by atoms with Gasteiger partial charge in [-0.15, -0.1) is 11.6 Å². The van der Waals surface area contributed by atoms with Crippen molar-refractivity contribution in [2.24, 2.45) is 0 Å². The number of carbonyl (C=O) groups excluding carboxylic acids is 1. The number of urea groups is 1. The van der Waals surface area contributed by atoms with Crippen LogP contribution in [0.2, 0.25) is 5.02 Å². The van der Waals surface area contributed by atoms with Crippen LogP contribution in [0, 0.1) is 0 Å². The van der Waals surface area contributed by atoms with Gasteiger partial charge in [-0.2, -0.15) is 0 Å². The minimum atomic E-state index is -0.182. The molecule has 0 aromatic heterocycles. The van der Waals surface area contributed by atoms with Crippen molar-refractivity contribution in [3.05, 3.63) is 29.3 Å². The Labute approximate surface area is 99.0 Å². The first kappa shape index (κ1) is 12.1. The number of benzene rings is 1. The summed E-state index contributed by atoms with van der Waals surface area (Å²) in [5, 5.41) is 3.36. The molecule has 0 spiro atoms. The van der Waals surface area contributed by atoms with Gasteiger partial charge in [-0.25, -0.2) is 4.79 Å². The molecule has 0 saturated carbocycles. The number of hydrogen-bond donors (Lipinski definition) is 1. The summed E-state index contributed by atoms with van der Waals surface area (Å²) < 4.78 is 0. The maximum atomic E-state index is 11.5. The lowest BCUT2D eigenvalue weighted by molar-refractivity contribution is 0.225. The number of nitrogens with one attached hydrogen (secondary N) is 1. The smallest absolute Gasteiger partial charge is 0.321 e. The molecule has 15 heavy (non-hydrogen) atoms. The average Bonchev–Trinajstić information content (AvgIpc) is 2.22. The number of anilines is 1. The van der Waals surface area contributed by atoms with Crippen LogP contribution in [0.1, 0.15) is 0 Å². The Bertz CT molecular complexity index is 327. The van der Waals surface area contributed by atoms with Gasteiger partial charge in [0.1, 0.15) is 0 Å². The lowest BCUT2D eigenvalue weighted by atomic mass is 10.3. The van der Waals surface area contributed by atoms with Crippen LogP contribution in [0.25, 0.3) is 0 Å². The molecule has 1 aromatic rings. The Morgan fingerprint density at radius 3 is 2.53 bits per heavy atom. The van der Waals surface area contributed by atoms with Gasteiger partial charge in [-0.05, 0) is 24.3 Å². The third-order valence-electron chi connectivity index (χ3n) is 1.86. The average molecular weight is 247 g/mol. The summed E-state index contributed by atoms with van der Waals surface area (Å²) in [6.07, 6.45) is 0. The zero-order chi connectivity index (χ0) is 11.3. The van der Waals surface area contributed by atoms with Crippen molar-refractivity contribution in [1.82, 2.24) is 4.90 Å².